The van der Waals surface area contributed by atoms with Crippen LogP contribution in [0.5, 0.6) is 0 Å². The van der Waals surface area contributed by atoms with Gasteiger partial charge >= 0.3 is 0 Å². The monoisotopic (exact) mass is 532 g/mol. The summed E-state index contributed by atoms with van der Waals surface area (Å²) in [6.07, 6.45) is 12.0. The molecule has 0 atom stereocenters. The van der Waals surface area contributed by atoms with Gasteiger partial charge in [-0.05, 0) is 111 Å². The number of aromatic amines is 2. The van der Waals surface area contributed by atoms with E-state index in [2.05, 4.69) is 44.6 Å². The summed E-state index contributed by atoms with van der Waals surface area (Å²) in [7, 11) is 0. The number of nitrogens with zero attached hydrogens (tertiary/aromatic N) is 4. The van der Waals surface area contributed by atoms with E-state index in [0.717, 1.165) is 68.8 Å². The number of hydrogen-bond donors (Lipinski definition) is 2. The SMILES string of the molecule is C=c1c(-c2nc3c(-c4cc(F)cc(CCCN5CCCC5)c4)cccc3[nH]2)n[nH]/c1=C/C=C(\C)c1ccncc1. The normalized spacial score (nSPS) is 14.9. The summed E-state index contributed by atoms with van der Waals surface area (Å²) in [5.41, 5.74) is 7.27. The van der Waals surface area contributed by atoms with E-state index in [4.69, 9.17) is 4.98 Å². The molecule has 40 heavy (non-hydrogen) atoms. The van der Waals surface area contributed by atoms with Gasteiger partial charge in [0.2, 0.25) is 0 Å². The molecular formula is C33H33FN6. The quantitative estimate of drug-likeness (QED) is 0.278. The lowest BCUT2D eigenvalue weighted by atomic mass is 9.99. The van der Waals surface area contributed by atoms with Crippen molar-refractivity contribution in [3.63, 3.8) is 0 Å². The van der Waals surface area contributed by atoms with Crippen molar-refractivity contribution in [3.05, 3.63) is 94.5 Å². The Kier molecular flexibility index (Phi) is 7.38. The first-order valence-electron chi connectivity index (χ1n) is 13.9. The molecule has 6 rings (SSSR count). The molecule has 0 unspecified atom stereocenters. The molecule has 1 aliphatic rings. The maximum absolute atomic E-state index is 14.7. The summed E-state index contributed by atoms with van der Waals surface area (Å²) in [5.74, 6) is 0.407. The first-order valence-corrected chi connectivity index (χ1v) is 13.9. The second-order valence-corrected chi connectivity index (χ2v) is 10.5. The van der Waals surface area contributed by atoms with Gasteiger partial charge in [0.1, 0.15) is 11.5 Å². The Morgan fingerprint density at radius 2 is 1.93 bits per heavy atom. The van der Waals surface area contributed by atoms with Crippen LogP contribution in [0.1, 0.15) is 37.3 Å². The third-order valence-electron chi connectivity index (χ3n) is 7.68. The summed E-state index contributed by atoms with van der Waals surface area (Å²) in [6.45, 7) is 9.75. The van der Waals surface area contributed by atoms with Crippen LogP contribution in [0, 0.1) is 5.82 Å². The molecular weight excluding hydrogens is 499 g/mol. The van der Waals surface area contributed by atoms with Crippen LogP contribution in [0.2, 0.25) is 0 Å². The van der Waals surface area contributed by atoms with E-state index in [1.807, 2.05) is 42.5 Å². The lowest BCUT2D eigenvalue weighted by molar-refractivity contribution is 0.334. The van der Waals surface area contributed by atoms with Crippen LogP contribution in [-0.2, 0) is 6.42 Å². The minimum atomic E-state index is -0.218. The Labute approximate surface area is 233 Å². The number of aromatic nitrogens is 5. The van der Waals surface area contributed by atoms with Crippen molar-refractivity contribution in [3.8, 4) is 22.6 Å². The van der Waals surface area contributed by atoms with Crippen LogP contribution in [0.15, 0.2) is 67.0 Å². The van der Waals surface area contributed by atoms with Crippen molar-refractivity contribution in [2.45, 2.75) is 32.6 Å². The van der Waals surface area contributed by atoms with Gasteiger partial charge in [-0.25, -0.2) is 9.37 Å². The predicted molar refractivity (Wildman–Crippen MR) is 160 cm³/mol. The molecule has 4 heterocycles. The van der Waals surface area contributed by atoms with E-state index in [9.17, 15) is 4.39 Å². The van der Waals surface area contributed by atoms with Crippen LogP contribution in [0.25, 0.3) is 51.9 Å². The molecule has 6 nitrogen and oxygen atoms in total. The Morgan fingerprint density at radius 3 is 2.75 bits per heavy atom. The highest BCUT2D eigenvalue weighted by Gasteiger charge is 2.15. The fourth-order valence-corrected chi connectivity index (χ4v) is 5.47. The molecule has 0 radical (unpaired) electrons. The number of aryl methyl sites for hydroxylation is 1. The van der Waals surface area contributed by atoms with E-state index >= 15 is 0 Å². The van der Waals surface area contributed by atoms with Crippen LogP contribution in [0.4, 0.5) is 4.39 Å². The standard InChI is InChI=1S/C33H33FN6/c1-22(25-12-14-35-15-13-25)10-11-29-23(2)31(39-38-29)33-36-30-9-5-8-28(32(30)37-33)26-19-24(20-27(34)21-26)7-6-18-40-16-3-4-17-40/h5,8-15,19-21,38H,2-4,6-7,16-18H2,1H3,(H,36,37)/b22-10+,29-11+. The van der Waals surface area contributed by atoms with Gasteiger partial charge in [-0.15, -0.1) is 0 Å². The number of para-hydroxylation sites is 1. The van der Waals surface area contributed by atoms with Gasteiger partial charge in [-0.3, -0.25) is 10.1 Å². The molecule has 1 fully saturated rings. The number of H-pyrrole nitrogens is 2. The van der Waals surface area contributed by atoms with Gasteiger partial charge < -0.3 is 9.88 Å². The average Bonchev–Trinajstić information content (AvgIpc) is 3.72. The highest BCUT2D eigenvalue weighted by Crippen LogP contribution is 2.30. The van der Waals surface area contributed by atoms with Crippen LogP contribution in [-0.4, -0.2) is 49.7 Å². The molecule has 2 N–H and O–H groups in total. The smallest absolute Gasteiger partial charge is 0.159 e. The zero-order chi connectivity index (χ0) is 27.5. The number of imidazole rings is 1. The zero-order valence-corrected chi connectivity index (χ0v) is 22.8. The second kappa shape index (κ2) is 11.4. The number of pyridine rings is 1. The minimum absolute atomic E-state index is 0.218. The summed E-state index contributed by atoms with van der Waals surface area (Å²) in [5, 5.41) is 9.17. The number of nitrogens with one attached hydrogen (secondary N) is 2. The number of fused-ring (bicyclic) bond motifs is 1. The van der Waals surface area contributed by atoms with Crippen molar-refractivity contribution in [1.29, 1.82) is 0 Å². The summed E-state index contributed by atoms with van der Waals surface area (Å²) in [6, 6.07) is 15.3. The first-order chi connectivity index (χ1) is 19.5. The first kappa shape index (κ1) is 25.9. The highest BCUT2D eigenvalue weighted by molar-refractivity contribution is 5.93. The molecule has 202 valence electrons. The number of likely N-dealkylation sites (tertiary alicyclic amines) is 1. The van der Waals surface area contributed by atoms with Crippen LogP contribution in [0.3, 0.4) is 0 Å². The molecule has 0 saturated carbocycles. The maximum atomic E-state index is 14.7. The zero-order valence-electron chi connectivity index (χ0n) is 22.8. The second-order valence-electron chi connectivity index (χ2n) is 10.5. The highest BCUT2D eigenvalue weighted by atomic mass is 19.1. The van der Waals surface area contributed by atoms with E-state index in [0.29, 0.717) is 11.5 Å². The van der Waals surface area contributed by atoms with Crippen molar-refractivity contribution in [2.75, 3.05) is 19.6 Å². The van der Waals surface area contributed by atoms with Crippen molar-refractivity contribution < 1.29 is 4.39 Å². The third kappa shape index (κ3) is 5.51. The minimum Gasteiger partial charge on any atom is -0.337 e. The third-order valence-corrected chi connectivity index (χ3v) is 7.68. The molecule has 7 heteroatoms. The lowest BCUT2D eigenvalue weighted by Gasteiger charge is -2.14. The van der Waals surface area contributed by atoms with Gasteiger partial charge in [-0.2, -0.15) is 5.10 Å². The lowest BCUT2D eigenvalue weighted by Crippen LogP contribution is -2.21. The molecule has 0 bridgehead atoms. The molecule has 0 spiro atoms. The van der Waals surface area contributed by atoms with Gasteiger partial charge in [0.25, 0.3) is 0 Å². The number of allylic oxidation sites excluding steroid dienone is 2. The van der Waals surface area contributed by atoms with Crippen LogP contribution < -0.4 is 10.6 Å². The molecule has 5 aromatic rings. The van der Waals surface area contributed by atoms with Crippen LogP contribution >= 0.6 is 0 Å². The Bertz CT molecular complexity index is 1780. The molecule has 1 aliphatic heterocycles. The van der Waals surface area contributed by atoms with Crippen molar-refractivity contribution in [1.82, 2.24) is 30.0 Å². The summed E-state index contributed by atoms with van der Waals surface area (Å²) >= 11 is 0. The average molecular weight is 533 g/mol. The van der Waals surface area contributed by atoms with E-state index < -0.39 is 0 Å². The van der Waals surface area contributed by atoms with Gasteiger partial charge in [-0.1, -0.05) is 30.9 Å². The molecule has 0 amide bonds. The van der Waals surface area contributed by atoms with Gasteiger partial charge in [0.05, 0.1) is 16.4 Å². The molecule has 1 saturated heterocycles. The largest absolute Gasteiger partial charge is 0.337 e. The predicted octanol–water partition coefficient (Wildman–Crippen LogP) is 5.48. The fourth-order valence-electron chi connectivity index (χ4n) is 5.47. The Balaban J connectivity index is 1.28. The van der Waals surface area contributed by atoms with Crippen molar-refractivity contribution >= 4 is 29.3 Å². The fraction of sp³-hybridized carbons (Fsp3) is 0.242. The van der Waals surface area contributed by atoms with Crippen molar-refractivity contribution in [2.24, 2.45) is 0 Å². The molecule has 3 aromatic heterocycles. The number of halogens is 1. The van der Waals surface area contributed by atoms with E-state index in [1.165, 1.54) is 25.9 Å². The Morgan fingerprint density at radius 1 is 1.10 bits per heavy atom. The van der Waals surface area contributed by atoms with E-state index in [-0.39, 0.29) is 5.82 Å². The summed E-state index contributed by atoms with van der Waals surface area (Å²) in [4.78, 5) is 14.9. The topological polar surface area (TPSA) is 73.5 Å². The van der Waals surface area contributed by atoms with Gasteiger partial charge in [0, 0.05) is 23.2 Å². The number of hydrogen-bond acceptors (Lipinski definition) is 4. The number of rotatable bonds is 8. The van der Waals surface area contributed by atoms with E-state index in [1.54, 1.807) is 24.5 Å². The van der Waals surface area contributed by atoms with Gasteiger partial charge in [0.15, 0.2) is 5.82 Å². The Hall–Kier alpha value is -4.36. The number of benzene rings is 2. The molecule has 2 aromatic carbocycles. The summed E-state index contributed by atoms with van der Waals surface area (Å²) < 4.78 is 14.7. The maximum Gasteiger partial charge on any atom is 0.159 e. The molecule has 0 aliphatic carbocycles.